The van der Waals surface area contributed by atoms with Gasteiger partial charge < -0.3 is 19.5 Å². The highest BCUT2D eigenvalue weighted by molar-refractivity contribution is 6.30. The van der Waals surface area contributed by atoms with Crippen LogP contribution in [-0.4, -0.2) is 44.8 Å². The highest BCUT2D eigenvalue weighted by Crippen LogP contribution is 2.22. The summed E-state index contributed by atoms with van der Waals surface area (Å²) >= 11 is 6.02. The second-order valence-electron chi connectivity index (χ2n) is 6.47. The maximum Gasteiger partial charge on any atom is 0.323 e. The fourth-order valence-electron chi connectivity index (χ4n) is 2.85. The maximum atomic E-state index is 12.7. The van der Waals surface area contributed by atoms with E-state index in [0.717, 1.165) is 11.3 Å². The standard InChI is InChI=1S/C23H28ClNO5/c1-3-28-14-15-30-20-10-8-17(9-11-20)12-13-25-22(26)21(23(27)29-4-2)18-6-5-7-19(24)16-18/h5-11,16,21H,3-4,12-15H2,1-2H3,(H,25,26). The molecule has 0 aliphatic heterocycles. The van der Waals surface area contributed by atoms with Crippen molar-refractivity contribution in [3.05, 3.63) is 64.7 Å². The Bertz CT molecular complexity index is 809. The predicted molar refractivity (Wildman–Crippen MR) is 116 cm³/mol. The Kier molecular flexibility index (Phi) is 10.2. The van der Waals surface area contributed by atoms with Crippen molar-refractivity contribution in [3.8, 4) is 5.75 Å². The van der Waals surface area contributed by atoms with Gasteiger partial charge in [-0.1, -0.05) is 35.9 Å². The molecule has 1 N–H and O–H groups in total. The number of ether oxygens (including phenoxy) is 3. The molecule has 1 atom stereocenters. The molecule has 1 amide bonds. The topological polar surface area (TPSA) is 73.9 Å². The monoisotopic (exact) mass is 433 g/mol. The van der Waals surface area contributed by atoms with Crippen LogP contribution in [0.4, 0.5) is 0 Å². The Labute approximate surface area is 182 Å². The molecule has 0 aliphatic carbocycles. The lowest BCUT2D eigenvalue weighted by atomic mass is 9.98. The lowest BCUT2D eigenvalue weighted by Gasteiger charge is -2.16. The molecule has 30 heavy (non-hydrogen) atoms. The van der Waals surface area contributed by atoms with E-state index in [1.807, 2.05) is 31.2 Å². The quantitative estimate of drug-likeness (QED) is 0.313. The Hall–Kier alpha value is -2.57. The third-order valence-corrected chi connectivity index (χ3v) is 4.54. The Balaban J connectivity index is 1.89. The van der Waals surface area contributed by atoms with Crippen molar-refractivity contribution in [1.29, 1.82) is 0 Å². The van der Waals surface area contributed by atoms with Crippen molar-refractivity contribution in [2.75, 3.05) is 33.0 Å². The SMILES string of the molecule is CCOCCOc1ccc(CCNC(=O)C(C(=O)OCC)c2cccc(Cl)c2)cc1. The number of carbonyl (C=O) groups excluding carboxylic acids is 2. The summed E-state index contributed by atoms with van der Waals surface area (Å²) in [7, 11) is 0. The summed E-state index contributed by atoms with van der Waals surface area (Å²) < 4.78 is 15.9. The first-order chi connectivity index (χ1) is 14.5. The van der Waals surface area contributed by atoms with Gasteiger partial charge in [-0.05, 0) is 55.7 Å². The molecular weight excluding hydrogens is 406 g/mol. The first-order valence-corrected chi connectivity index (χ1v) is 10.4. The highest BCUT2D eigenvalue weighted by atomic mass is 35.5. The third kappa shape index (κ3) is 7.69. The summed E-state index contributed by atoms with van der Waals surface area (Å²) in [4.78, 5) is 25.0. The van der Waals surface area contributed by atoms with E-state index in [9.17, 15) is 9.59 Å². The van der Waals surface area contributed by atoms with Gasteiger partial charge in [0.05, 0.1) is 13.2 Å². The van der Waals surface area contributed by atoms with Gasteiger partial charge in [-0.2, -0.15) is 0 Å². The molecule has 1 unspecified atom stereocenters. The van der Waals surface area contributed by atoms with Crippen molar-refractivity contribution >= 4 is 23.5 Å². The van der Waals surface area contributed by atoms with Gasteiger partial charge in [0.1, 0.15) is 12.4 Å². The average Bonchev–Trinajstić information content (AvgIpc) is 2.73. The van der Waals surface area contributed by atoms with Crippen molar-refractivity contribution in [2.45, 2.75) is 26.2 Å². The van der Waals surface area contributed by atoms with Gasteiger partial charge in [0.15, 0.2) is 5.92 Å². The van der Waals surface area contributed by atoms with Gasteiger partial charge in [-0.15, -0.1) is 0 Å². The van der Waals surface area contributed by atoms with Crippen LogP contribution in [0.2, 0.25) is 5.02 Å². The second-order valence-corrected chi connectivity index (χ2v) is 6.91. The van der Waals surface area contributed by atoms with Crippen LogP contribution in [0.1, 0.15) is 30.9 Å². The molecule has 0 saturated heterocycles. The first kappa shape index (κ1) is 23.7. The van der Waals surface area contributed by atoms with Crippen LogP contribution in [0.25, 0.3) is 0 Å². The van der Waals surface area contributed by atoms with Gasteiger partial charge in [0.2, 0.25) is 5.91 Å². The van der Waals surface area contributed by atoms with Crippen molar-refractivity contribution < 1.29 is 23.8 Å². The summed E-state index contributed by atoms with van der Waals surface area (Å²) in [6, 6.07) is 14.4. The second kappa shape index (κ2) is 12.9. The molecule has 0 radical (unpaired) electrons. The predicted octanol–water partition coefficient (Wildman–Crippen LogP) is 3.76. The number of benzene rings is 2. The molecule has 0 aromatic heterocycles. The van der Waals surface area contributed by atoms with E-state index in [-0.39, 0.29) is 6.61 Å². The van der Waals surface area contributed by atoms with Gasteiger partial charge in [-0.25, -0.2) is 0 Å². The highest BCUT2D eigenvalue weighted by Gasteiger charge is 2.29. The molecule has 0 fully saturated rings. The van der Waals surface area contributed by atoms with Gasteiger partial charge in [0, 0.05) is 18.2 Å². The van der Waals surface area contributed by atoms with Crippen LogP contribution in [0.3, 0.4) is 0 Å². The molecule has 0 heterocycles. The van der Waals surface area contributed by atoms with Crippen LogP contribution in [-0.2, 0) is 25.5 Å². The molecule has 0 aliphatic rings. The van der Waals surface area contributed by atoms with Gasteiger partial charge in [-0.3, -0.25) is 9.59 Å². The van der Waals surface area contributed by atoms with Crippen LogP contribution in [0.15, 0.2) is 48.5 Å². The Morgan fingerprint density at radius 2 is 1.80 bits per heavy atom. The van der Waals surface area contributed by atoms with E-state index in [4.69, 9.17) is 25.8 Å². The summed E-state index contributed by atoms with van der Waals surface area (Å²) in [5, 5.41) is 3.28. The van der Waals surface area contributed by atoms with E-state index < -0.39 is 17.8 Å². The van der Waals surface area contributed by atoms with Crippen molar-refractivity contribution in [3.63, 3.8) is 0 Å². The molecule has 6 nitrogen and oxygen atoms in total. The van der Waals surface area contributed by atoms with E-state index >= 15 is 0 Å². The Morgan fingerprint density at radius 1 is 1.03 bits per heavy atom. The number of amides is 1. The third-order valence-electron chi connectivity index (χ3n) is 4.30. The first-order valence-electron chi connectivity index (χ1n) is 10.0. The minimum Gasteiger partial charge on any atom is -0.491 e. The number of esters is 1. The number of carbonyl (C=O) groups is 2. The number of halogens is 1. The molecule has 0 saturated carbocycles. The Morgan fingerprint density at radius 3 is 2.47 bits per heavy atom. The van der Waals surface area contributed by atoms with Crippen LogP contribution < -0.4 is 10.1 Å². The molecule has 2 rings (SSSR count). The van der Waals surface area contributed by atoms with E-state index in [0.29, 0.717) is 43.4 Å². The summed E-state index contributed by atoms with van der Waals surface area (Å²) in [5.41, 5.74) is 1.55. The number of hydrogen-bond donors (Lipinski definition) is 1. The molecule has 0 spiro atoms. The minimum atomic E-state index is -1.05. The maximum absolute atomic E-state index is 12.7. The average molecular weight is 434 g/mol. The van der Waals surface area contributed by atoms with Crippen molar-refractivity contribution in [1.82, 2.24) is 5.32 Å². The zero-order valence-corrected chi connectivity index (χ0v) is 18.1. The molecular formula is C23H28ClNO5. The van der Waals surface area contributed by atoms with Crippen LogP contribution >= 0.6 is 11.6 Å². The molecule has 7 heteroatoms. The molecule has 2 aromatic carbocycles. The fraction of sp³-hybridized carbons (Fsp3) is 0.391. The van der Waals surface area contributed by atoms with E-state index in [1.54, 1.807) is 31.2 Å². The van der Waals surface area contributed by atoms with Crippen LogP contribution in [0.5, 0.6) is 5.75 Å². The van der Waals surface area contributed by atoms with Gasteiger partial charge in [0.25, 0.3) is 0 Å². The number of nitrogens with one attached hydrogen (secondary N) is 1. The smallest absolute Gasteiger partial charge is 0.323 e. The van der Waals surface area contributed by atoms with Crippen molar-refractivity contribution in [2.24, 2.45) is 0 Å². The van der Waals surface area contributed by atoms with Crippen LogP contribution in [0, 0.1) is 0 Å². The van der Waals surface area contributed by atoms with Gasteiger partial charge >= 0.3 is 5.97 Å². The molecule has 0 bridgehead atoms. The zero-order valence-electron chi connectivity index (χ0n) is 17.4. The number of rotatable bonds is 12. The lowest BCUT2D eigenvalue weighted by molar-refractivity contribution is -0.148. The normalized spacial score (nSPS) is 11.6. The molecule has 162 valence electrons. The summed E-state index contributed by atoms with van der Waals surface area (Å²) in [6.45, 7) is 5.96. The molecule has 2 aromatic rings. The fourth-order valence-corrected chi connectivity index (χ4v) is 3.05. The van der Waals surface area contributed by atoms with E-state index in [1.165, 1.54) is 0 Å². The minimum absolute atomic E-state index is 0.197. The number of hydrogen-bond acceptors (Lipinski definition) is 5. The van der Waals surface area contributed by atoms with E-state index in [2.05, 4.69) is 5.32 Å². The lowest BCUT2D eigenvalue weighted by Crippen LogP contribution is -2.35. The summed E-state index contributed by atoms with van der Waals surface area (Å²) in [5.74, 6) is -1.28. The largest absolute Gasteiger partial charge is 0.491 e. The summed E-state index contributed by atoms with van der Waals surface area (Å²) in [6.07, 6.45) is 0.621. The zero-order chi connectivity index (χ0) is 21.8.